The van der Waals surface area contributed by atoms with Crippen LogP contribution in [0.15, 0.2) is 62.4 Å². The maximum Gasteiger partial charge on any atom is 0.322 e. The van der Waals surface area contributed by atoms with Crippen molar-refractivity contribution in [2.24, 2.45) is 0 Å². The maximum atomic E-state index is 12.9. The molecular weight excluding hydrogens is 412 g/mol. The smallest absolute Gasteiger partial charge is 0.322 e. The van der Waals surface area contributed by atoms with Crippen LogP contribution in [-0.2, 0) is 0 Å². The number of nitrogens with zero attached hydrogens (tertiary/aromatic N) is 3. The minimum absolute atomic E-state index is 0.0229. The van der Waals surface area contributed by atoms with E-state index >= 15 is 0 Å². The molecule has 146 valence electrons. The van der Waals surface area contributed by atoms with Crippen molar-refractivity contribution in [2.75, 3.05) is 11.6 Å². The molecule has 2 aromatic carbocycles. The van der Waals surface area contributed by atoms with E-state index in [1.165, 1.54) is 0 Å². The Kier molecular flexibility index (Phi) is 5.37. The number of anilines is 1. The van der Waals surface area contributed by atoms with Gasteiger partial charge >= 0.3 is 6.01 Å². The second kappa shape index (κ2) is 8.10. The van der Waals surface area contributed by atoms with Crippen LogP contribution in [0.2, 0.25) is 5.02 Å². The Labute approximate surface area is 175 Å². The number of halogens is 1. The topological polar surface area (TPSA) is 94.1 Å². The fourth-order valence-corrected chi connectivity index (χ4v) is 3.47. The summed E-state index contributed by atoms with van der Waals surface area (Å²) in [5.41, 5.74) is 1.96. The van der Waals surface area contributed by atoms with E-state index in [-0.39, 0.29) is 11.6 Å². The number of hydrogen-bond donors (Lipinski definition) is 1. The van der Waals surface area contributed by atoms with Crippen molar-refractivity contribution in [3.8, 4) is 22.7 Å². The molecule has 0 spiro atoms. The van der Waals surface area contributed by atoms with Gasteiger partial charge in [0, 0.05) is 16.0 Å². The molecule has 0 unspecified atom stereocenters. The third-order valence-electron chi connectivity index (χ3n) is 4.18. The van der Waals surface area contributed by atoms with Gasteiger partial charge < -0.3 is 8.94 Å². The Bertz CT molecular complexity index is 1190. The molecule has 0 saturated heterocycles. The summed E-state index contributed by atoms with van der Waals surface area (Å²) in [5, 5.41) is 15.0. The number of hydrogen-bond acceptors (Lipinski definition) is 7. The summed E-state index contributed by atoms with van der Waals surface area (Å²) < 4.78 is 10.8. The quantitative estimate of drug-likeness (QED) is 0.431. The average Bonchev–Trinajstić information content (AvgIpc) is 3.35. The van der Waals surface area contributed by atoms with Crippen LogP contribution in [0.1, 0.15) is 16.1 Å². The summed E-state index contributed by atoms with van der Waals surface area (Å²) in [4.78, 5) is 13.9. The monoisotopic (exact) mass is 426 g/mol. The lowest BCUT2D eigenvalue weighted by atomic mass is 10.1. The Morgan fingerprint density at radius 1 is 1.14 bits per heavy atom. The van der Waals surface area contributed by atoms with Gasteiger partial charge in [0.15, 0.2) is 0 Å². The van der Waals surface area contributed by atoms with Gasteiger partial charge in [-0.25, -0.2) is 0 Å². The molecule has 4 aromatic rings. The Hall–Kier alpha value is -3.10. The molecule has 7 nitrogen and oxygen atoms in total. The van der Waals surface area contributed by atoms with Crippen LogP contribution < -0.4 is 5.32 Å². The largest absolute Gasteiger partial charge is 0.403 e. The first kappa shape index (κ1) is 19.2. The molecule has 1 N–H and O–H groups in total. The second-order valence-corrected chi connectivity index (χ2v) is 7.33. The van der Waals surface area contributed by atoms with E-state index in [2.05, 4.69) is 20.7 Å². The van der Waals surface area contributed by atoms with Crippen LogP contribution in [-0.4, -0.2) is 27.5 Å². The van der Waals surface area contributed by atoms with Crippen molar-refractivity contribution < 1.29 is 13.7 Å². The number of rotatable bonds is 5. The molecule has 0 aliphatic rings. The summed E-state index contributed by atoms with van der Waals surface area (Å²) in [6.07, 6.45) is 1.98. The molecule has 0 aliphatic heterocycles. The van der Waals surface area contributed by atoms with Crippen molar-refractivity contribution in [3.63, 3.8) is 0 Å². The number of aromatic nitrogens is 3. The first-order valence-electron chi connectivity index (χ1n) is 8.57. The molecule has 1 amide bonds. The number of amides is 1. The van der Waals surface area contributed by atoms with Gasteiger partial charge in [0.25, 0.3) is 5.91 Å². The van der Waals surface area contributed by atoms with Crippen molar-refractivity contribution in [3.05, 3.63) is 64.9 Å². The molecular formula is C20H15ClN4O3S. The minimum Gasteiger partial charge on any atom is -0.403 e. The van der Waals surface area contributed by atoms with Gasteiger partial charge in [0.1, 0.15) is 17.0 Å². The number of carbonyl (C=O) groups excluding carboxylic acids is 1. The lowest BCUT2D eigenvalue weighted by Crippen LogP contribution is -2.13. The van der Waals surface area contributed by atoms with Crippen molar-refractivity contribution in [1.29, 1.82) is 0 Å². The van der Waals surface area contributed by atoms with Gasteiger partial charge in [-0.05, 0) is 37.4 Å². The van der Waals surface area contributed by atoms with E-state index < -0.39 is 5.91 Å². The average molecular weight is 427 g/mol. The van der Waals surface area contributed by atoms with Gasteiger partial charge in [0.2, 0.25) is 5.89 Å². The van der Waals surface area contributed by atoms with E-state index in [9.17, 15) is 4.79 Å². The molecule has 0 saturated carbocycles. The molecule has 0 atom stereocenters. The normalized spacial score (nSPS) is 10.9. The zero-order valence-corrected chi connectivity index (χ0v) is 17.0. The molecule has 0 aliphatic carbocycles. The number of nitrogens with one attached hydrogen (secondary N) is 1. The number of aryl methyl sites for hydroxylation is 1. The molecule has 29 heavy (non-hydrogen) atoms. The summed E-state index contributed by atoms with van der Waals surface area (Å²) in [7, 11) is 0. The summed E-state index contributed by atoms with van der Waals surface area (Å²) >= 11 is 7.85. The van der Waals surface area contributed by atoms with E-state index in [0.29, 0.717) is 27.9 Å². The number of carbonyl (C=O) groups is 1. The highest BCUT2D eigenvalue weighted by Crippen LogP contribution is 2.31. The molecule has 0 bridgehead atoms. The summed E-state index contributed by atoms with van der Waals surface area (Å²) in [6.45, 7) is 1.65. The Morgan fingerprint density at radius 3 is 2.76 bits per heavy atom. The lowest BCUT2D eigenvalue weighted by Gasteiger charge is -2.04. The second-order valence-electron chi connectivity index (χ2n) is 6.04. The third-order valence-corrected chi connectivity index (χ3v) is 5.24. The number of benzene rings is 2. The van der Waals surface area contributed by atoms with Crippen LogP contribution >= 0.6 is 23.4 Å². The van der Waals surface area contributed by atoms with E-state index in [1.807, 2.05) is 30.5 Å². The van der Waals surface area contributed by atoms with Crippen molar-refractivity contribution >= 4 is 35.3 Å². The van der Waals surface area contributed by atoms with E-state index in [1.54, 1.807) is 43.0 Å². The van der Waals surface area contributed by atoms with Gasteiger partial charge in [-0.15, -0.1) is 16.9 Å². The van der Waals surface area contributed by atoms with Crippen LogP contribution in [0.25, 0.3) is 22.7 Å². The zero-order chi connectivity index (χ0) is 20.4. The van der Waals surface area contributed by atoms with Gasteiger partial charge in [0.05, 0.1) is 5.02 Å². The van der Waals surface area contributed by atoms with Crippen molar-refractivity contribution in [1.82, 2.24) is 15.4 Å². The lowest BCUT2D eigenvalue weighted by molar-refractivity contribution is 0.102. The van der Waals surface area contributed by atoms with E-state index in [0.717, 1.165) is 10.5 Å². The van der Waals surface area contributed by atoms with Crippen LogP contribution in [0.5, 0.6) is 0 Å². The molecule has 2 aromatic heterocycles. The standard InChI is InChI=1S/C20H15ClN4O3S/c1-11-16(17(25-28-11)14-8-3-4-9-15(14)21)18(26)22-20-24-23-19(27-20)12-6-5-7-13(10-12)29-2/h3-10H,1-2H3,(H,22,24,26). The van der Waals surface area contributed by atoms with Crippen LogP contribution in [0.3, 0.4) is 0 Å². The fourth-order valence-electron chi connectivity index (χ4n) is 2.78. The molecule has 9 heteroatoms. The van der Waals surface area contributed by atoms with Gasteiger partial charge in [-0.1, -0.05) is 46.1 Å². The first-order chi connectivity index (χ1) is 14.1. The highest BCUT2D eigenvalue weighted by molar-refractivity contribution is 7.98. The molecule has 0 fully saturated rings. The van der Waals surface area contributed by atoms with Crippen molar-refractivity contribution in [2.45, 2.75) is 11.8 Å². The molecule has 4 rings (SSSR count). The van der Waals surface area contributed by atoms with Gasteiger partial charge in [-0.3, -0.25) is 10.1 Å². The van der Waals surface area contributed by atoms with E-state index in [4.69, 9.17) is 20.5 Å². The van der Waals surface area contributed by atoms with Crippen LogP contribution in [0, 0.1) is 6.92 Å². The SMILES string of the molecule is CSc1cccc(-c2nnc(NC(=O)c3c(-c4ccccc4Cl)noc3C)o2)c1. The Balaban J connectivity index is 1.61. The predicted octanol–water partition coefficient (Wildman–Crippen LogP) is 5.33. The highest BCUT2D eigenvalue weighted by atomic mass is 35.5. The number of thioether (sulfide) groups is 1. The van der Waals surface area contributed by atoms with Gasteiger partial charge in [-0.2, -0.15) is 0 Å². The summed E-state index contributed by atoms with van der Waals surface area (Å²) in [6, 6.07) is 14.7. The Morgan fingerprint density at radius 2 is 1.97 bits per heavy atom. The molecule has 0 radical (unpaired) electrons. The first-order valence-corrected chi connectivity index (χ1v) is 10.2. The van der Waals surface area contributed by atoms with Crippen LogP contribution in [0.4, 0.5) is 6.01 Å². The predicted molar refractivity (Wildman–Crippen MR) is 111 cm³/mol. The minimum atomic E-state index is -0.480. The maximum absolute atomic E-state index is 12.9. The third kappa shape index (κ3) is 3.90. The molecule has 2 heterocycles. The fraction of sp³-hybridized carbons (Fsp3) is 0.100. The zero-order valence-electron chi connectivity index (χ0n) is 15.5. The summed E-state index contributed by atoms with van der Waals surface area (Å²) in [5.74, 6) is 0.182. The highest BCUT2D eigenvalue weighted by Gasteiger charge is 2.24.